The maximum absolute atomic E-state index is 11.5. The number of benzene rings is 3. The van der Waals surface area contributed by atoms with Crippen molar-refractivity contribution in [1.29, 1.82) is 0 Å². The van der Waals surface area contributed by atoms with Gasteiger partial charge in [-0.05, 0) is 67.2 Å². The van der Waals surface area contributed by atoms with Gasteiger partial charge in [-0.1, -0.05) is 48.0 Å². The molecule has 2 aromatic heterocycles. The highest BCUT2D eigenvalue weighted by atomic mass is 35.5. The summed E-state index contributed by atoms with van der Waals surface area (Å²) in [6, 6.07) is 23.1. The number of aromatic nitrogens is 3. The van der Waals surface area contributed by atoms with Crippen molar-refractivity contribution in [2.24, 2.45) is 0 Å². The predicted molar refractivity (Wildman–Crippen MR) is 163 cm³/mol. The Hall–Kier alpha value is -3.98. The number of carboxylic acids is 1. The summed E-state index contributed by atoms with van der Waals surface area (Å²) in [5.41, 5.74) is 4.01. The minimum atomic E-state index is -0.943. The Kier molecular flexibility index (Phi) is 8.37. The molecule has 5 aromatic rings. The van der Waals surface area contributed by atoms with E-state index >= 15 is 0 Å². The van der Waals surface area contributed by atoms with Crippen molar-refractivity contribution in [3.8, 4) is 5.88 Å². The molecule has 0 bridgehead atoms. The molecule has 0 amide bonds. The maximum Gasteiger partial charge on any atom is 0.335 e. The highest BCUT2D eigenvalue weighted by Crippen LogP contribution is 2.30. The number of halogens is 1. The fourth-order valence-electron chi connectivity index (χ4n) is 5.79. The van der Waals surface area contributed by atoms with E-state index in [0.29, 0.717) is 38.1 Å². The second-order valence-electron chi connectivity index (χ2n) is 10.7. The summed E-state index contributed by atoms with van der Waals surface area (Å²) in [5, 5.41) is 12.3. The molecule has 1 saturated heterocycles. The zero-order valence-electron chi connectivity index (χ0n) is 23.5. The van der Waals surface area contributed by atoms with Crippen molar-refractivity contribution in [1.82, 2.24) is 19.4 Å². The first-order valence-electron chi connectivity index (χ1n) is 14.2. The van der Waals surface area contributed by atoms with E-state index in [1.807, 2.05) is 42.5 Å². The molecule has 42 heavy (non-hydrogen) atoms. The molecule has 0 atom stereocenters. The van der Waals surface area contributed by atoms with Gasteiger partial charge in [0.15, 0.2) is 0 Å². The number of pyridine rings is 1. The summed E-state index contributed by atoms with van der Waals surface area (Å²) < 4.78 is 13.6. The van der Waals surface area contributed by atoms with Gasteiger partial charge < -0.3 is 19.1 Å². The second kappa shape index (κ2) is 12.5. The van der Waals surface area contributed by atoms with Crippen molar-refractivity contribution in [2.75, 3.05) is 26.8 Å². The van der Waals surface area contributed by atoms with Crippen LogP contribution in [0.25, 0.3) is 21.8 Å². The molecule has 0 saturated carbocycles. The average Bonchev–Trinajstić information content (AvgIpc) is 3.36. The number of imidazole rings is 1. The molecule has 0 aliphatic carbocycles. The molecular weight excluding hydrogens is 552 g/mol. The summed E-state index contributed by atoms with van der Waals surface area (Å²) in [4.78, 5) is 23.7. The number of hydrogen-bond acceptors (Lipinski definition) is 6. The van der Waals surface area contributed by atoms with E-state index < -0.39 is 5.97 Å². The quantitative estimate of drug-likeness (QED) is 0.199. The number of aromatic carboxylic acids is 1. The van der Waals surface area contributed by atoms with E-state index in [2.05, 4.69) is 21.6 Å². The van der Waals surface area contributed by atoms with Gasteiger partial charge in [0.1, 0.15) is 12.4 Å². The molecule has 3 heterocycles. The minimum Gasteiger partial charge on any atom is -0.478 e. The van der Waals surface area contributed by atoms with E-state index in [0.717, 1.165) is 69.8 Å². The van der Waals surface area contributed by atoms with Crippen molar-refractivity contribution in [3.63, 3.8) is 0 Å². The van der Waals surface area contributed by atoms with Crippen LogP contribution in [0.1, 0.15) is 46.2 Å². The average molecular weight is 585 g/mol. The van der Waals surface area contributed by atoms with Crippen LogP contribution in [0.3, 0.4) is 0 Å². The zero-order chi connectivity index (χ0) is 29.1. The number of carboxylic acid groups (broad SMARTS) is 1. The van der Waals surface area contributed by atoms with Gasteiger partial charge in [-0.2, -0.15) is 0 Å². The topological polar surface area (TPSA) is 89.7 Å². The van der Waals surface area contributed by atoms with E-state index in [9.17, 15) is 9.90 Å². The number of fused-ring (bicyclic) bond motifs is 2. The molecule has 9 heteroatoms. The predicted octanol–water partition coefficient (Wildman–Crippen LogP) is 6.54. The van der Waals surface area contributed by atoms with Crippen LogP contribution < -0.4 is 4.74 Å². The summed E-state index contributed by atoms with van der Waals surface area (Å²) in [6.07, 6.45) is 1.97. The Labute approximate surface area is 249 Å². The van der Waals surface area contributed by atoms with Crippen molar-refractivity contribution < 1.29 is 19.4 Å². The fourth-order valence-corrected chi connectivity index (χ4v) is 6.01. The van der Waals surface area contributed by atoms with Crippen LogP contribution in [-0.4, -0.2) is 57.3 Å². The molecule has 3 aromatic carbocycles. The molecular formula is C33H33ClN4O4. The molecule has 0 spiro atoms. The van der Waals surface area contributed by atoms with Crippen molar-refractivity contribution >= 4 is 39.4 Å². The normalized spacial score (nSPS) is 14.5. The first kappa shape index (κ1) is 28.2. The zero-order valence-corrected chi connectivity index (χ0v) is 24.3. The lowest BCUT2D eigenvalue weighted by atomic mass is 9.93. The van der Waals surface area contributed by atoms with E-state index in [1.165, 1.54) is 0 Å². The summed E-state index contributed by atoms with van der Waals surface area (Å²) in [6.45, 7) is 4.09. The van der Waals surface area contributed by atoms with Gasteiger partial charge in [0.05, 0.1) is 29.7 Å². The van der Waals surface area contributed by atoms with Crippen LogP contribution in [0.4, 0.5) is 0 Å². The van der Waals surface area contributed by atoms with Gasteiger partial charge in [-0.25, -0.2) is 14.8 Å². The number of nitrogens with zero attached hydrogens (tertiary/aromatic N) is 4. The largest absolute Gasteiger partial charge is 0.478 e. The van der Waals surface area contributed by atoms with Crippen LogP contribution in [0.2, 0.25) is 5.02 Å². The number of piperidine rings is 1. The highest BCUT2D eigenvalue weighted by molar-refractivity contribution is 6.35. The molecule has 8 nitrogen and oxygen atoms in total. The van der Waals surface area contributed by atoms with Gasteiger partial charge in [0.2, 0.25) is 5.88 Å². The number of carbonyl (C=O) groups is 1. The SMILES string of the molecule is COCCn1c(CN2CCC(c3cccc(OCc4ccc(Cl)c5ccccc45)n3)CC2)nc2ccc(C(=O)O)cc21. The smallest absolute Gasteiger partial charge is 0.335 e. The first-order chi connectivity index (χ1) is 20.5. The Morgan fingerprint density at radius 1 is 1.00 bits per heavy atom. The van der Waals surface area contributed by atoms with Crippen LogP contribution in [0, 0.1) is 0 Å². The number of methoxy groups -OCH3 is 1. The van der Waals surface area contributed by atoms with Gasteiger partial charge in [0.25, 0.3) is 0 Å². The van der Waals surface area contributed by atoms with Gasteiger partial charge in [-0.3, -0.25) is 4.90 Å². The molecule has 1 N–H and O–H groups in total. The summed E-state index contributed by atoms with van der Waals surface area (Å²) in [7, 11) is 1.67. The first-order valence-corrected chi connectivity index (χ1v) is 14.6. The minimum absolute atomic E-state index is 0.258. The Balaban J connectivity index is 1.11. The van der Waals surface area contributed by atoms with E-state index in [-0.39, 0.29) is 5.56 Å². The molecule has 6 rings (SSSR count). The lowest BCUT2D eigenvalue weighted by molar-refractivity contribution is 0.0697. The number of ether oxygens (including phenoxy) is 2. The van der Waals surface area contributed by atoms with Crippen LogP contribution in [0.5, 0.6) is 5.88 Å². The lowest BCUT2D eigenvalue weighted by Gasteiger charge is -2.31. The standard InChI is InChI=1S/C33H33ClN4O4/c1-41-18-17-38-30-19-23(33(39)40)10-12-29(30)35-31(38)20-37-15-13-22(14-16-37)28-7-4-8-32(36-28)42-21-24-9-11-27(34)26-6-3-2-5-25(24)26/h2-12,19,22H,13-18,20-21H2,1H3,(H,39,40). The third-order valence-electron chi connectivity index (χ3n) is 8.05. The molecule has 0 unspecified atom stereocenters. The third kappa shape index (κ3) is 5.97. The molecule has 1 aliphatic rings. The number of hydrogen-bond donors (Lipinski definition) is 1. The number of likely N-dealkylation sites (tertiary alicyclic amines) is 1. The van der Waals surface area contributed by atoms with Crippen molar-refractivity contribution in [3.05, 3.63) is 100 Å². The van der Waals surface area contributed by atoms with Gasteiger partial charge in [-0.15, -0.1) is 0 Å². The van der Waals surface area contributed by atoms with Crippen LogP contribution in [0.15, 0.2) is 72.8 Å². The fraction of sp³-hybridized carbons (Fsp3) is 0.303. The number of rotatable bonds is 10. The second-order valence-corrected chi connectivity index (χ2v) is 11.1. The molecule has 1 fully saturated rings. The highest BCUT2D eigenvalue weighted by Gasteiger charge is 2.24. The van der Waals surface area contributed by atoms with Gasteiger partial charge in [0, 0.05) is 41.7 Å². The lowest BCUT2D eigenvalue weighted by Crippen LogP contribution is -2.33. The van der Waals surface area contributed by atoms with E-state index in [4.69, 9.17) is 31.0 Å². The maximum atomic E-state index is 11.5. The van der Waals surface area contributed by atoms with Gasteiger partial charge >= 0.3 is 5.97 Å². The summed E-state index contributed by atoms with van der Waals surface area (Å²) >= 11 is 6.39. The Morgan fingerprint density at radius 2 is 1.81 bits per heavy atom. The van der Waals surface area contributed by atoms with Crippen molar-refractivity contribution in [2.45, 2.75) is 38.5 Å². The van der Waals surface area contributed by atoms with E-state index in [1.54, 1.807) is 25.3 Å². The summed E-state index contributed by atoms with van der Waals surface area (Å²) in [5.74, 6) is 0.959. The Bertz CT molecular complexity index is 1730. The Morgan fingerprint density at radius 3 is 2.60 bits per heavy atom. The molecule has 216 valence electrons. The van der Waals surface area contributed by atoms with Crippen LogP contribution in [-0.2, 0) is 24.4 Å². The molecule has 1 aliphatic heterocycles. The van der Waals surface area contributed by atoms with Crippen LogP contribution >= 0.6 is 11.6 Å². The third-order valence-corrected chi connectivity index (χ3v) is 8.38. The molecule has 0 radical (unpaired) electrons. The monoisotopic (exact) mass is 584 g/mol.